The number of carbonyl (C=O) groups is 2. The van der Waals surface area contributed by atoms with E-state index < -0.39 is 5.97 Å². The van der Waals surface area contributed by atoms with Gasteiger partial charge in [0.25, 0.3) is 0 Å². The molecule has 6 nitrogen and oxygen atoms in total. The molecule has 0 spiro atoms. The zero-order chi connectivity index (χ0) is 15.8. The van der Waals surface area contributed by atoms with E-state index in [-0.39, 0.29) is 18.9 Å². The van der Waals surface area contributed by atoms with E-state index in [1.54, 1.807) is 25.1 Å². The van der Waals surface area contributed by atoms with Gasteiger partial charge in [-0.15, -0.1) is 0 Å². The van der Waals surface area contributed by atoms with Gasteiger partial charge in [0.15, 0.2) is 6.61 Å². The van der Waals surface area contributed by atoms with Crippen LogP contribution in [0.1, 0.15) is 24.5 Å². The first kappa shape index (κ1) is 16.5. The predicted octanol–water partition coefficient (Wildman–Crippen LogP) is 2.10. The van der Waals surface area contributed by atoms with E-state index in [4.69, 9.17) is 14.7 Å². The van der Waals surface area contributed by atoms with Gasteiger partial charge < -0.3 is 14.8 Å². The van der Waals surface area contributed by atoms with Crippen molar-refractivity contribution >= 4 is 17.6 Å². The first-order valence-corrected chi connectivity index (χ1v) is 6.54. The van der Waals surface area contributed by atoms with Crippen molar-refractivity contribution in [3.63, 3.8) is 0 Å². The molecule has 0 aliphatic rings. The van der Waals surface area contributed by atoms with E-state index in [2.05, 4.69) is 5.32 Å². The van der Waals surface area contributed by atoms with Crippen LogP contribution in [0.3, 0.4) is 0 Å². The van der Waals surface area contributed by atoms with E-state index in [9.17, 15) is 9.59 Å². The molecule has 1 aromatic carbocycles. The van der Waals surface area contributed by atoms with Gasteiger partial charge >= 0.3 is 5.97 Å². The fourth-order valence-corrected chi connectivity index (χ4v) is 1.86. The summed E-state index contributed by atoms with van der Waals surface area (Å²) in [6, 6.07) is 5.23. The molecule has 0 radical (unpaired) electrons. The summed E-state index contributed by atoms with van der Waals surface area (Å²) in [5, 5.41) is 11.1. The molecule has 0 saturated carbocycles. The van der Waals surface area contributed by atoms with Crippen LogP contribution in [0.25, 0.3) is 0 Å². The Morgan fingerprint density at radius 3 is 2.43 bits per heavy atom. The van der Waals surface area contributed by atoms with Gasteiger partial charge in [0.2, 0.25) is 5.91 Å². The van der Waals surface area contributed by atoms with Crippen LogP contribution in [0.4, 0.5) is 5.69 Å². The highest BCUT2D eigenvalue weighted by molar-refractivity contribution is 5.92. The lowest BCUT2D eigenvalue weighted by molar-refractivity contribution is -0.145. The topological polar surface area (TPSA) is 88.4 Å². The molecule has 1 N–H and O–H groups in total. The van der Waals surface area contributed by atoms with Gasteiger partial charge in [-0.2, -0.15) is 5.26 Å². The zero-order valence-electron chi connectivity index (χ0n) is 12.4. The number of ether oxygens (including phenoxy) is 2. The van der Waals surface area contributed by atoms with Crippen molar-refractivity contribution < 1.29 is 19.1 Å². The third kappa shape index (κ3) is 5.15. The van der Waals surface area contributed by atoms with Crippen molar-refractivity contribution in [1.29, 1.82) is 5.26 Å². The maximum atomic E-state index is 11.4. The second kappa shape index (κ2) is 7.90. The molecule has 1 aromatic rings. The van der Waals surface area contributed by atoms with Crippen LogP contribution in [-0.4, -0.2) is 25.1 Å². The number of benzene rings is 1. The molecule has 0 aromatic heterocycles. The number of nitriles is 1. The summed E-state index contributed by atoms with van der Waals surface area (Å²) in [4.78, 5) is 22.7. The van der Waals surface area contributed by atoms with Crippen molar-refractivity contribution in [2.45, 2.75) is 27.2 Å². The summed E-state index contributed by atoms with van der Waals surface area (Å²) >= 11 is 0. The third-order valence-electron chi connectivity index (χ3n) is 2.62. The third-order valence-corrected chi connectivity index (χ3v) is 2.62. The fourth-order valence-electron chi connectivity index (χ4n) is 1.86. The molecule has 0 heterocycles. The van der Waals surface area contributed by atoms with Crippen molar-refractivity contribution in [1.82, 2.24) is 0 Å². The molecule has 0 unspecified atom stereocenters. The summed E-state index contributed by atoms with van der Waals surface area (Å²) in [5.74, 6) is -0.208. The summed E-state index contributed by atoms with van der Waals surface area (Å²) in [6.45, 7) is 5.51. The minimum absolute atomic E-state index is 0.157. The van der Waals surface area contributed by atoms with Gasteiger partial charge in [-0.25, -0.2) is 4.79 Å². The molecule has 0 saturated heterocycles. The van der Waals surface area contributed by atoms with Gasteiger partial charge in [-0.3, -0.25) is 4.79 Å². The Balaban J connectivity index is 2.78. The van der Waals surface area contributed by atoms with Crippen molar-refractivity contribution in [2.75, 3.05) is 18.5 Å². The summed E-state index contributed by atoms with van der Waals surface area (Å²) < 4.78 is 10.2. The van der Waals surface area contributed by atoms with Crippen LogP contribution in [-0.2, 0) is 14.3 Å². The Morgan fingerprint density at radius 1 is 1.29 bits per heavy atom. The minimum atomic E-state index is -0.428. The number of nitrogens with one attached hydrogen (secondary N) is 1. The van der Waals surface area contributed by atoms with Crippen LogP contribution >= 0.6 is 0 Å². The summed E-state index contributed by atoms with van der Waals surface area (Å²) in [6.07, 6.45) is -0.195. The monoisotopic (exact) mass is 290 g/mol. The van der Waals surface area contributed by atoms with Gasteiger partial charge in [-0.1, -0.05) is 0 Å². The second-order valence-electron chi connectivity index (χ2n) is 4.42. The Morgan fingerprint density at radius 2 is 1.90 bits per heavy atom. The Labute approximate surface area is 123 Å². The van der Waals surface area contributed by atoms with E-state index in [0.717, 1.165) is 11.1 Å². The normalized spacial score (nSPS) is 9.62. The molecular weight excluding hydrogens is 272 g/mol. The number of nitrogens with zero attached hydrogens (tertiary/aromatic N) is 1. The van der Waals surface area contributed by atoms with Gasteiger partial charge in [0.1, 0.15) is 12.2 Å². The largest absolute Gasteiger partial charge is 0.481 e. The molecule has 1 rings (SSSR count). The fraction of sp³-hybridized carbons (Fsp3) is 0.400. The number of hydrogen-bond acceptors (Lipinski definition) is 5. The molecular formula is C15H18N2O4. The van der Waals surface area contributed by atoms with Gasteiger partial charge in [0.05, 0.1) is 12.7 Å². The molecule has 0 aliphatic carbocycles. The highest BCUT2D eigenvalue weighted by atomic mass is 16.6. The lowest BCUT2D eigenvalue weighted by atomic mass is 10.1. The SMILES string of the molecule is CCOC(=O)COc1c(C)cc(NC(=O)CC#N)cc1C. The number of rotatable bonds is 6. The highest BCUT2D eigenvalue weighted by Gasteiger charge is 2.11. The van der Waals surface area contributed by atoms with E-state index >= 15 is 0 Å². The van der Waals surface area contributed by atoms with Crippen molar-refractivity contribution in [3.05, 3.63) is 23.3 Å². The zero-order valence-corrected chi connectivity index (χ0v) is 12.4. The van der Waals surface area contributed by atoms with Crippen LogP contribution in [0.15, 0.2) is 12.1 Å². The minimum Gasteiger partial charge on any atom is -0.481 e. The Bertz CT molecular complexity index is 553. The highest BCUT2D eigenvalue weighted by Crippen LogP contribution is 2.27. The number of amides is 1. The predicted molar refractivity (Wildman–Crippen MR) is 76.9 cm³/mol. The second-order valence-corrected chi connectivity index (χ2v) is 4.42. The van der Waals surface area contributed by atoms with Crippen LogP contribution < -0.4 is 10.1 Å². The smallest absolute Gasteiger partial charge is 0.344 e. The molecule has 0 fully saturated rings. The first-order chi connectivity index (χ1) is 9.97. The first-order valence-electron chi connectivity index (χ1n) is 6.54. The Kier molecular flexibility index (Phi) is 6.21. The van der Waals surface area contributed by atoms with E-state index in [0.29, 0.717) is 18.0 Å². The summed E-state index contributed by atoms with van der Waals surface area (Å²) in [7, 11) is 0. The maximum Gasteiger partial charge on any atom is 0.344 e. The molecule has 112 valence electrons. The molecule has 1 amide bonds. The molecule has 0 aliphatic heterocycles. The summed E-state index contributed by atoms with van der Waals surface area (Å²) in [5.41, 5.74) is 2.16. The molecule has 0 atom stereocenters. The number of anilines is 1. The van der Waals surface area contributed by atoms with E-state index in [1.807, 2.05) is 13.8 Å². The maximum absolute atomic E-state index is 11.4. The lowest BCUT2D eigenvalue weighted by Crippen LogP contribution is -2.16. The number of aryl methyl sites for hydroxylation is 2. The van der Waals surface area contributed by atoms with E-state index in [1.165, 1.54) is 0 Å². The van der Waals surface area contributed by atoms with Crippen LogP contribution in [0.5, 0.6) is 5.75 Å². The number of esters is 1. The van der Waals surface area contributed by atoms with Gasteiger partial charge in [-0.05, 0) is 44.0 Å². The van der Waals surface area contributed by atoms with Crippen LogP contribution in [0.2, 0.25) is 0 Å². The molecule has 0 bridgehead atoms. The van der Waals surface area contributed by atoms with Gasteiger partial charge in [0, 0.05) is 5.69 Å². The quantitative estimate of drug-likeness (QED) is 0.810. The number of hydrogen-bond donors (Lipinski definition) is 1. The van der Waals surface area contributed by atoms with Crippen LogP contribution in [0, 0.1) is 25.2 Å². The lowest BCUT2D eigenvalue weighted by Gasteiger charge is -2.14. The average molecular weight is 290 g/mol. The molecule has 6 heteroatoms. The standard InChI is InChI=1S/C15H18N2O4/c1-4-20-14(19)9-21-15-10(2)7-12(8-11(15)3)17-13(18)5-6-16/h7-8H,4-5,9H2,1-3H3,(H,17,18). The van der Waals surface area contributed by atoms with Crippen molar-refractivity contribution in [2.24, 2.45) is 0 Å². The molecule has 21 heavy (non-hydrogen) atoms. The number of carbonyl (C=O) groups excluding carboxylic acids is 2. The van der Waals surface area contributed by atoms with Crippen molar-refractivity contribution in [3.8, 4) is 11.8 Å². The average Bonchev–Trinajstić information content (AvgIpc) is 2.38. The Hall–Kier alpha value is -2.55.